The van der Waals surface area contributed by atoms with Crippen LogP contribution in [0.25, 0.3) is 0 Å². The van der Waals surface area contributed by atoms with Gasteiger partial charge in [0.1, 0.15) is 5.75 Å². The molecular formula is C20H19N3O3. The fourth-order valence-electron chi connectivity index (χ4n) is 2.66. The molecule has 1 unspecified atom stereocenters. The van der Waals surface area contributed by atoms with Crippen LogP contribution in [0.1, 0.15) is 11.1 Å². The van der Waals surface area contributed by atoms with E-state index in [1.165, 1.54) is 18.2 Å². The molecule has 132 valence electrons. The molecular weight excluding hydrogens is 330 g/mol. The van der Waals surface area contributed by atoms with Gasteiger partial charge in [-0.25, -0.2) is 0 Å². The number of para-hydroxylation sites is 1. The molecule has 0 aliphatic carbocycles. The number of benzene rings is 3. The first-order valence-electron chi connectivity index (χ1n) is 7.95. The first-order chi connectivity index (χ1) is 12.4. The van der Waals surface area contributed by atoms with Crippen molar-refractivity contribution >= 4 is 23.0 Å². The Morgan fingerprint density at radius 2 is 1.50 bits per heavy atom. The second-order valence-electron chi connectivity index (χ2n) is 5.93. The largest absolute Gasteiger partial charge is 0.506 e. The fraction of sp³-hybridized carbons (Fsp3) is 0.0500. The highest BCUT2D eigenvalue weighted by atomic mass is 16.3. The van der Waals surface area contributed by atoms with E-state index in [2.05, 4.69) is 5.32 Å². The zero-order valence-corrected chi connectivity index (χ0v) is 13.9. The number of nitrogens with two attached hydrogens (primary N) is 2. The average Bonchev–Trinajstić information content (AvgIpc) is 2.64. The summed E-state index contributed by atoms with van der Waals surface area (Å²) in [6, 6.07) is 19.3. The molecule has 0 bridgehead atoms. The monoisotopic (exact) mass is 349 g/mol. The summed E-state index contributed by atoms with van der Waals surface area (Å²) >= 11 is 0. The van der Waals surface area contributed by atoms with Gasteiger partial charge in [-0.1, -0.05) is 36.4 Å². The molecule has 0 spiro atoms. The normalized spacial score (nSPS) is 13.0. The summed E-state index contributed by atoms with van der Waals surface area (Å²) in [5.41, 5.74) is 11.0. The van der Waals surface area contributed by atoms with Gasteiger partial charge in [0.25, 0.3) is 5.91 Å². The summed E-state index contributed by atoms with van der Waals surface area (Å²) in [7, 11) is 0. The lowest BCUT2D eigenvalue weighted by Gasteiger charge is -2.28. The van der Waals surface area contributed by atoms with Crippen molar-refractivity contribution in [3.63, 3.8) is 0 Å². The van der Waals surface area contributed by atoms with Gasteiger partial charge in [0, 0.05) is 16.9 Å². The summed E-state index contributed by atoms with van der Waals surface area (Å²) in [6.07, 6.45) is 0. The number of nitrogen functional groups attached to an aromatic ring is 2. The topological polar surface area (TPSA) is 122 Å². The maximum absolute atomic E-state index is 13.0. The summed E-state index contributed by atoms with van der Waals surface area (Å²) in [6.45, 7) is 0. The molecule has 0 radical (unpaired) electrons. The van der Waals surface area contributed by atoms with Crippen LogP contribution in [-0.4, -0.2) is 16.1 Å². The van der Waals surface area contributed by atoms with Gasteiger partial charge in [-0.15, -0.1) is 0 Å². The Labute approximate surface area is 150 Å². The molecule has 3 rings (SSSR count). The molecule has 3 aromatic carbocycles. The lowest BCUT2D eigenvalue weighted by molar-refractivity contribution is -0.131. The zero-order chi connectivity index (χ0) is 18.7. The van der Waals surface area contributed by atoms with E-state index in [9.17, 15) is 15.0 Å². The van der Waals surface area contributed by atoms with E-state index < -0.39 is 11.5 Å². The first-order valence-corrected chi connectivity index (χ1v) is 7.95. The van der Waals surface area contributed by atoms with E-state index in [-0.39, 0.29) is 17.0 Å². The van der Waals surface area contributed by atoms with Crippen molar-refractivity contribution in [1.29, 1.82) is 0 Å². The Hall–Kier alpha value is -3.51. The van der Waals surface area contributed by atoms with Crippen molar-refractivity contribution in [2.24, 2.45) is 0 Å². The molecule has 0 saturated carbocycles. The van der Waals surface area contributed by atoms with Gasteiger partial charge in [-0.05, 0) is 42.0 Å². The number of hydrogen-bond acceptors (Lipinski definition) is 5. The minimum Gasteiger partial charge on any atom is -0.506 e. The molecule has 26 heavy (non-hydrogen) atoms. The van der Waals surface area contributed by atoms with E-state index >= 15 is 0 Å². The fourth-order valence-corrected chi connectivity index (χ4v) is 2.66. The molecule has 0 aliphatic rings. The second-order valence-corrected chi connectivity index (χ2v) is 5.93. The van der Waals surface area contributed by atoms with Crippen molar-refractivity contribution in [2.45, 2.75) is 5.60 Å². The van der Waals surface area contributed by atoms with Gasteiger partial charge in [0.05, 0.1) is 5.69 Å². The predicted octanol–water partition coefficient (Wildman–Crippen LogP) is 2.43. The summed E-state index contributed by atoms with van der Waals surface area (Å²) in [5, 5.41) is 24.0. The third kappa shape index (κ3) is 3.18. The number of amides is 1. The Morgan fingerprint density at radius 1 is 0.885 bits per heavy atom. The molecule has 1 atom stereocenters. The third-order valence-corrected chi connectivity index (χ3v) is 4.14. The van der Waals surface area contributed by atoms with Gasteiger partial charge < -0.3 is 27.0 Å². The van der Waals surface area contributed by atoms with Crippen LogP contribution in [0.4, 0.5) is 17.1 Å². The van der Waals surface area contributed by atoms with Crippen molar-refractivity contribution < 1.29 is 15.0 Å². The van der Waals surface area contributed by atoms with Crippen LogP contribution in [-0.2, 0) is 10.4 Å². The van der Waals surface area contributed by atoms with Crippen LogP contribution in [0.3, 0.4) is 0 Å². The molecule has 0 aliphatic heterocycles. The number of rotatable bonds is 4. The Balaban J connectivity index is 2.10. The Bertz CT molecular complexity index is 927. The maximum Gasteiger partial charge on any atom is 0.265 e. The molecule has 0 heterocycles. The van der Waals surface area contributed by atoms with Gasteiger partial charge in [0.15, 0.2) is 5.60 Å². The number of carbonyl (C=O) groups excluding carboxylic acids is 1. The van der Waals surface area contributed by atoms with E-state index in [0.29, 0.717) is 16.9 Å². The lowest BCUT2D eigenvalue weighted by atomic mass is 9.85. The minimum absolute atomic E-state index is 0.150. The standard InChI is InChI=1S/C20H19N3O3/c21-15-9-6-13(7-10-15)20(26,14-8-11-17(22)18(24)12-14)19(25)23-16-4-2-1-3-5-16/h1-12,24,26H,21-22H2,(H,23,25). The molecule has 6 nitrogen and oxygen atoms in total. The van der Waals surface area contributed by atoms with Gasteiger partial charge in [0.2, 0.25) is 0 Å². The van der Waals surface area contributed by atoms with Crippen LogP contribution in [0, 0.1) is 0 Å². The van der Waals surface area contributed by atoms with Crippen LogP contribution in [0.15, 0.2) is 72.8 Å². The van der Waals surface area contributed by atoms with Crippen molar-refractivity contribution in [2.75, 3.05) is 16.8 Å². The number of carbonyl (C=O) groups is 1. The van der Waals surface area contributed by atoms with Crippen LogP contribution in [0.5, 0.6) is 5.75 Å². The number of aromatic hydroxyl groups is 1. The number of hydrogen-bond donors (Lipinski definition) is 5. The van der Waals surface area contributed by atoms with E-state index in [1.54, 1.807) is 48.5 Å². The van der Waals surface area contributed by atoms with Crippen LogP contribution >= 0.6 is 0 Å². The second kappa shape index (κ2) is 6.78. The van der Waals surface area contributed by atoms with Gasteiger partial charge in [-0.3, -0.25) is 4.79 Å². The Morgan fingerprint density at radius 3 is 2.12 bits per heavy atom. The number of phenolic OH excluding ortho intramolecular Hbond substituents is 1. The molecule has 6 heteroatoms. The maximum atomic E-state index is 13.0. The summed E-state index contributed by atoms with van der Waals surface area (Å²) < 4.78 is 0. The summed E-state index contributed by atoms with van der Waals surface area (Å²) in [5.74, 6) is -0.887. The molecule has 1 amide bonds. The number of nitrogens with one attached hydrogen (secondary N) is 1. The first kappa shape index (κ1) is 17.3. The predicted molar refractivity (Wildman–Crippen MR) is 101 cm³/mol. The van der Waals surface area contributed by atoms with Gasteiger partial charge >= 0.3 is 0 Å². The highest BCUT2D eigenvalue weighted by Gasteiger charge is 2.40. The van der Waals surface area contributed by atoms with Crippen molar-refractivity contribution in [3.05, 3.63) is 83.9 Å². The molecule has 3 aromatic rings. The average molecular weight is 349 g/mol. The number of anilines is 3. The molecule has 0 fully saturated rings. The van der Waals surface area contributed by atoms with Crippen molar-refractivity contribution in [3.8, 4) is 5.75 Å². The van der Waals surface area contributed by atoms with E-state index in [1.807, 2.05) is 6.07 Å². The van der Waals surface area contributed by atoms with E-state index in [0.717, 1.165) is 0 Å². The molecule has 0 aromatic heterocycles. The number of aliphatic hydroxyl groups is 1. The highest BCUT2D eigenvalue weighted by molar-refractivity contribution is 6.00. The quantitative estimate of drug-likeness (QED) is 0.366. The highest BCUT2D eigenvalue weighted by Crippen LogP contribution is 2.35. The number of phenols is 1. The SMILES string of the molecule is Nc1ccc(C(O)(C(=O)Nc2ccccc2)c2ccc(N)c(O)c2)cc1. The van der Waals surface area contributed by atoms with Gasteiger partial charge in [-0.2, -0.15) is 0 Å². The Kier molecular flexibility index (Phi) is 4.51. The minimum atomic E-state index is -2.05. The lowest BCUT2D eigenvalue weighted by Crippen LogP contribution is -2.41. The van der Waals surface area contributed by atoms with E-state index in [4.69, 9.17) is 11.5 Å². The zero-order valence-electron chi connectivity index (χ0n) is 13.9. The smallest absolute Gasteiger partial charge is 0.265 e. The van der Waals surface area contributed by atoms with Crippen LogP contribution in [0.2, 0.25) is 0 Å². The summed E-state index contributed by atoms with van der Waals surface area (Å²) in [4.78, 5) is 13.0. The molecule has 0 saturated heterocycles. The third-order valence-electron chi connectivity index (χ3n) is 4.14. The molecule has 7 N–H and O–H groups in total. The van der Waals surface area contributed by atoms with Crippen molar-refractivity contribution in [1.82, 2.24) is 0 Å². The van der Waals surface area contributed by atoms with Crippen LogP contribution < -0.4 is 16.8 Å².